The molecule has 5 heteroatoms. The highest BCUT2D eigenvalue weighted by molar-refractivity contribution is 4.78. The lowest BCUT2D eigenvalue weighted by atomic mass is 9.97. The summed E-state index contributed by atoms with van der Waals surface area (Å²) in [7, 11) is 0. The Morgan fingerprint density at radius 3 is 2.67 bits per heavy atom. The average Bonchev–Trinajstić information content (AvgIpc) is 2.46. The molecule has 2 atom stereocenters. The van der Waals surface area contributed by atoms with Gasteiger partial charge in [-0.1, -0.05) is 0 Å². The topological polar surface area (TPSA) is 45.2 Å². The highest BCUT2D eigenvalue weighted by Crippen LogP contribution is 2.18. The van der Waals surface area contributed by atoms with E-state index in [1.807, 2.05) is 13.8 Å². The summed E-state index contributed by atoms with van der Waals surface area (Å²) in [6.45, 7) is 12.5. The maximum atomic E-state index is 10.1. The number of hydrogen-bond donors (Lipinski definition) is 1. The highest BCUT2D eigenvalue weighted by atomic mass is 16.5. The van der Waals surface area contributed by atoms with Gasteiger partial charge >= 0.3 is 0 Å². The molecule has 2 fully saturated rings. The Kier molecular flexibility index (Phi) is 7.40. The second kappa shape index (κ2) is 9.06. The van der Waals surface area contributed by atoms with Crippen LogP contribution in [0.5, 0.6) is 0 Å². The number of β-amino-alcohol motifs (C(OH)–C–C–N with tert-alkyl or cyclic N) is 1. The van der Waals surface area contributed by atoms with Gasteiger partial charge < -0.3 is 19.5 Å². The molecule has 0 radical (unpaired) electrons. The van der Waals surface area contributed by atoms with E-state index in [1.54, 1.807) is 0 Å². The van der Waals surface area contributed by atoms with Crippen molar-refractivity contribution in [1.82, 2.24) is 9.80 Å². The average molecular weight is 300 g/mol. The predicted molar refractivity (Wildman–Crippen MR) is 83.5 cm³/mol. The molecule has 0 aromatic carbocycles. The monoisotopic (exact) mass is 300 g/mol. The van der Waals surface area contributed by atoms with E-state index in [1.165, 1.54) is 19.4 Å². The molecule has 0 aliphatic carbocycles. The minimum Gasteiger partial charge on any atom is -0.389 e. The molecule has 124 valence electrons. The number of nitrogens with zero attached hydrogens (tertiary/aromatic N) is 2. The first kappa shape index (κ1) is 17.2. The van der Waals surface area contributed by atoms with Crippen LogP contribution in [-0.2, 0) is 9.47 Å². The molecule has 0 aromatic heterocycles. The van der Waals surface area contributed by atoms with Gasteiger partial charge in [-0.25, -0.2) is 0 Å². The Balaban J connectivity index is 1.67. The minimum absolute atomic E-state index is 0.190. The first-order valence-corrected chi connectivity index (χ1v) is 8.45. The molecule has 0 spiro atoms. The molecule has 1 N–H and O–H groups in total. The Hall–Kier alpha value is -0.200. The van der Waals surface area contributed by atoms with Crippen LogP contribution in [0.1, 0.15) is 26.7 Å². The van der Waals surface area contributed by atoms with Crippen molar-refractivity contribution < 1.29 is 14.6 Å². The number of aliphatic hydroxyl groups is 1. The van der Waals surface area contributed by atoms with Crippen molar-refractivity contribution in [1.29, 1.82) is 0 Å². The van der Waals surface area contributed by atoms with Gasteiger partial charge in [-0.3, -0.25) is 4.90 Å². The maximum Gasteiger partial charge on any atom is 0.0900 e. The van der Waals surface area contributed by atoms with Crippen molar-refractivity contribution in [2.75, 3.05) is 59.1 Å². The first-order valence-electron chi connectivity index (χ1n) is 8.45. The molecule has 2 unspecified atom stereocenters. The van der Waals surface area contributed by atoms with Gasteiger partial charge in [0, 0.05) is 32.7 Å². The number of hydrogen-bond acceptors (Lipinski definition) is 5. The third-order valence-electron chi connectivity index (χ3n) is 4.31. The van der Waals surface area contributed by atoms with Gasteiger partial charge in [0.15, 0.2) is 0 Å². The molecule has 2 saturated heterocycles. The summed E-state index contributed by atoms with van der Waals surface area (Å²) in [5.74, 6) is 0.732. The third kappa shape index (κ3) is 6.61. The number of morpholine rings is 1. The van der Waals surface area contributed by atoms with Crippen molar-refractivity contribution in [2.45, 2.75) is 38.9 Å². The number of piperidine rings is 1. The fraction of sp³-hybridized carbons (Fsp3) is 1.00. The van der Waals surface area contributed by atoms with Crippen LogP contribution in [0.25, 0.3) is 0 Å². The normalized spacial score (nSPS) is 27.1. The van der Waals surface area contributed by atoms with Crippen LogP contribution in [-0.4, -0.2) is 86.2 Å². The molecule has 0 saturated carbocycles. The Morgan fingerprint density at radius 1 is 1.19 bits per heavy atom. The largest absolute Gasteiger partial charge is 0.389 e. The zero-order valence-electron chi connectivity index (χ0n) is 13.7. The maximum absolute atomic E-state index is 10.1. The molecule has 21 heavy (non-hydrogen) atoms. The van der Waals surface area contributed by atoms with Crippen molar-refractivity contribution in [3.8, 4) is 0 Å². The van der Waals surface area contributed by atoms with E-state index in [0.29, 0.717) is 6.61 Å². The van der Waals surface area contributed by atoms with E-state index in [-0.39, 0.29) is 12.2 Å². The quantitative estimate of drug-likeness (QED) is 0.754. The molecule has 0 bridgehead atoms. The van der Waals surface area contributed by atoms with Crippen LogP contribution >= 0.6 is 0 Å². The van der Waals surface area contributed by atoms with Gasteiger partial charge in [0.05, 0.1) is 32.0 Å². The van der Waals surface area contributed by atoms with Crippen LogP contribution in [0.2, 0.25) is 0 Å². The lowest BCUT2D eigenvalue weighted by Crippen LogP contribution is -2.46. The zero-order chi connectivity index (χ0) is 15.1. The second-order valence-electron chi connectivity index (χ2n) is 6.72. The van der Waals surface area contributed by atoms with Crippen LogP contribution in [0.4, 0.5) is 0 Å². The van der Waals surface area contributed by atoms with E-state index in [0.717, 1.165) is 51.9 Å². The summed E-state index contributed by atoms with van der Waals surface area (Å²) in [6, 6.07) is 0. The van der Waals surface area contributed by atoms with E-state index < -0.39 is 0 Å². The molecular weight excluding hydrogens is 268 g/mol. The van der Waals surface area contributed by atoms with Gasteiger partial charge in [-0.15, -0.1) is 0 Å². The summed E-state index contributed by atoms with van der Waals surface area (Å²) < 4.78 is 10.9. The van der Waals surface area contributed by atoms with Crippen molar-refractivity contribution in [3.63, 3.8) is 0 Å². The molecule has 2 aliphatic heterocycles. The zero-order valence-corrected chi connectivity index (χ0v) is 13.7. The summed E-state index contributed by atoms with van der Waals surface area (Å²) in [5, 5.41) is 10.1. The fourth-order valence-corrected chi connectivity index (χ4v) is 3.27. The first-order chi connectivity index (χ1) is 10.1. The second-order valence-corrected chi connectivity index (χ2v) is 6.72. The van der Waals surface area contributed by atoms with E-state index in [4.69, 9.17) is 9.47 Å². The van der Waals surface area contributed by atoms with Gasteiger partial charge in [-0.05, 0) is 39.2 Å². The van der Waals surface area contributed by atoms with Gasteiger partial charge in [0.25, 0.3) is 0 Å². The van der Waals surface area contributed by atoms with Gasteiger partial charge in [-0.2, -0.15) is 0 Å². The lowest BCUT2D eigenvalue weighted by molar-refractivity contribution is -0.0172. The molecule has 5 nitrogen and oxygen atoms in total. The van der Waals surface area contributed by atoms with Crippen LogP contribution in [0.15, 0.2) is 0 Å². The number of likely N-dealkylation sites (tertiary alicyclic amines) is 1. The SMILES string of the molecule is CC(C)OCC(O)CN1CCCC(CN2CCOCC2)C1. The van der Waals surface area contributed by atoms with Gasteiger partial charge in [0.1, 0.15) is 0 Å². The third-order valence-corrected chi connectivity index (χ3v) is 4.31. The molecule has 2 aliphatic rings. The fourth-order valence-electron chi connectivity index (χ4n) is 3.27. The summed E-state index contributed by atoms with van der Waals surface area (Å²) in [6.07, 6.45) is 2.38. The van der Waals surface area contributed by atoms with Gasteiger partial charge in [0.2, 0.25) is 0 Å². The predicted octanol–water partition coefficient (Wildman–Crippen LogP) is 0.817. The van der Waals surface area contributed by atoms with Crippen LogP contribution in [0.3, 0.4) is 0 Å². The summed E-state index contributed by atoms with van der Waals surface area (Å²) in [5.41, 5.74) is 0. The van der Waals surface area contributed by atoms with Crippen molar-refractivity contribution in [3.05, 3.63) is 0 Å². The molecule has 2 rings (SSSR count). The minimum atomic E-state index is -0.366. The standard InChI is InChI=1S/C16H32N2O3/c1-14(2)21-13-16(19)12-18-5-3-4-15(11-18)10-17-6-8-20-9-7-17/h14-16,19H,3-13H2,1-2H3. The summed E-state index contributed by atoms with van der Waals surface area (Å²) >= 11 is 0. The Bertz CT molecular complexity index is 283. The summed E-state index contributed by atoms with van der Waals surface area (Å²) in [4.78, 5) is 4.93. The Labute approximate surface area is 129 Å². The molecule has 2 heterocycles. The van der Waals surface area contributed by atoms with Crippen LogP contribution in [0, 0.1) is 5.92 Å². The van der Waals surface area contributed by atoms with E-state index in [9.17, 15) is 5.11 Å². The molecule has 0 aromatic rings. The molecule has 0 amide bonds. The lowest BCUT2D eigenvalue weighted by Gasteiger charge is -2.37. The number of rotatable bonds is 7. The van der Waals surface area contributed by atoms with E-state index in [2.05, 4.69) is 9.80 Å². The van der Waals surface area contributed by atoms with Crippen LogP contribution < -0.4 is 0 Å². The highest BCUT2D eigenvalue weighted by Gasteiger charge is 2.24. The van der Waals surface area contributed by atoms with E-state index >= 15 is 0 Å². The smallest absolute Gasteiger partial charge is 0.0900 e. The number of aliphatic hydroxyl groups excluding tert-OH is 1. The number of ether oxygens (including phenoxy) is 2. The Morgan fingerprint density at radius 2 is 1.95 bits per heavy atom. The van der Waals surface area contributed by atoms with Crippen molar-refractivity contribution >= 4 is 0 Å². The molecular formula is C16H32N2O3. The van der Waals surface area contributed by atoms with Crippen molar-refractivity contribution in [2.24, 2.45) is 5.92 Å².